The molecule has 0 aliphatic carbocycles. The molecule has 0 unspecified atom stereocenters. The summed E-state index contributed by atoms with van der Waals surface area (Å²) < 4.78 is 34.6. The number of ether oxygens (including phenoxy) is 1. The topological polar surface area (TPSA) is 73.2 Å². The van der Waals surface area contributed by atoms with E-state index in [2.05, 4.69) is 9.82 Å². The molecule has 0 spiro atoms. The first kappa shape index (κ1) is 16.1. The van der Waals surface area contributed by atoms with Crippen LogP contribution in [-0.4, -0.2) is 18.2 Å². The summed E-state index contributed by atoms with van der Waals surface area (Å²) in [5, 5.41) is 3.90. The molecule has 7 heteroatoms. The van der Waals surface area contributed by atoms with Crippen molar-refractivity contribution in [1.29, 1.82) is 0 Å². The maximum Gasteiger partial charge on any atom is 0.265 e. The van der Waals surface area contributed by atoms with Crippen LogP contribution in [0.15, 0.2) is 71.9 Å². The number of aryl methyl sites for hydroxylation is 1. The summed E-state index contributed by atoms with van der Waals surface area (Å²) in [5.41, 5.74) is 1.23. The molecule has 0 fully saturated rings. The Morgan fingerprint density at radius 1 is 1.08 bits per heavy atom. The minimum Gasteiger partial charge on any atom is -0.489 e. The summed E-state index contributed by atoms with van der Waals surface area (Å²) in [6.07, 6.45) is 2.76. The lowest BCUT2D eigenvalue weighted by atomic mass is 10.2. The van der Waals surface area contributed by atoms with Crippen LogP contribution >= 0.6 is 0 Å². The van der Waals surface area contributed by atoms with Gasteiger partial charge in [-0.2, -0.15) is 5.10 Å². The van der Waals surface area contributed by atoms with Crippen LogP contribution in [0.1, 0.15) is 5.56 Å². The Hall–Kier alpha value is -2.80. The van der Waals surface area contributed by atoms with E-state index in [1.54, 1.807) is 19.2 Å². The van der Waals surface area contributed by atoms with Crippen molar-refractivity contribution in [3.63, 3.8) is 0 Å². The minimum absolute atomic E-state index is 0.115. The van der Waals surface area contributed by atoms with Crippen LogP contribution in [-0.2, 0) is 23.7 Å². The van der Waals surface area contributed by atoms with Gasteiger partial charge in [0.15, 0.2) is 0 Å². The van der Waals surface area contributed by atoms with Gasteiger partial charge in [-0.15, -0.1) is 0 Å². The molecule has 124 valence electrons. The summed E-state index contributed by atoms with van der Waals surface area (Å²) in [6.45, 7) is 0.260. The summed E-state index contributed by atoms with van der Waals surface area (Å²) in [4.78, 5) is 0.115. The number of benzene rings is 2. The molecule has 0 aliphatic rings. The van der Waals surface area contributed by atoms with Crippen molar-refractivity contribution in [2.75, 3.05) is 4.72 Å². The van der Waals surface area contributed by atoms with E-state index in [1.165, 1.54) is 17.1 Å². The van der Waals surface area contributed by atoms with Gasteiger partial charge in [0, 0.05) is 18.8 Å². The molecule has 0 radical (unpaired) electrons. The number of hydrogen-bond acceptors (Lipinski definition) is 4. The number of nitrogens with zero attached hydrogens (tertiary/aromatic N) is 2. The molecule has 0 aliphatic heterocycles. The third-order valence-electron chi connectivity index (χ3n) is 3.39. The Bertz CT molecular complexity index is 921. The number of aromatic nitrogens is 2. The maximum atomic E-state index is 12.4. The van der Waals surface area contributed by atoms with Gasteiger partial charge in [-0.3, -0.25) is 9.40 Å². The molecule has 24 heavy (non-hydrogen) atoms. The van der Waals surface area contributed by atoms with Crippen molar-refractivity contribution in [2.24, 2.45) is 7.05 Å². The van der Waals surface area contributed by atoms with Crippen molar-refractivity contribution in [3.05, 3.63) is 72.6 Å². The zero-order chi connectivity index (χ0) is 17.0. The highest BCUT2D eigenvalue weighted by Gasteiger charge is 2.17. The Morgan fingerprint density at radius 3 is 2.50 bits per heavy atom. The van der Waals surface area contributed by atoms with Gasteiger partial charge in [0.1, 0.15) is 17.3 Å². The summed E-state index contributed by atoms with van der Waals surface area (Å²) >= 11 is 0. The van der Waals surface area contributed by atoms with Gasteiger partial charge in [0.2, 0.25) is 0 Å². The fraction of sp³-hybridized carbons (Fsp3) is 0.118. The normalized spacial score (nSPS) is 11.2. The standard InChI is InChI=1S/C17H17N3O3S/c1-20-12-16(11-18-20)24(21,22)19-17-10-6-5-7-14(17)13-23-15-8-3-2-4-9-15/h2-12,19H,13H2,1H3. The second-order valence-corrected chi connectivity index (χ2v) is 6.90. The number of para-hydroxylation sites is 2. The van der Waals surface area contributed by atoms with E-state index in [0.717, 1.165) is 11.3 Å². The highest BCUT2D eigenvalue weighted by Crippen LogP contribution is 2.21. The van der Waals surface area contributed by atoms with E-state index in [0.29, 0.717) is 5.69 Å². The molecule has 0 saturated heterocycles. The Labute approximate surface area is 140 Å². The van der Waals surface area contributed by atoms with Gasteiger partial charge in [0.05, 0.1) is 11.9 Å². The average Bonchev–Trinajstić information content (AvgIpc) is 3.02. The summed E-state index contributed by atoms with van der Waals surface area (Å²) in [7, 11) is -2.02. The van der Waals surface area contributed by atoms with Crippen LogP contribution in [0, 0.1) is 0 Å². The van der Waals surface area contributed by atoms with E-state index in [-0.39, 0.29) is 11.5 Å². The highest BCUT2D eigenvalue weighted by molar-refractivity contribution is 7.92. The van der Waals surface area contributed by atoms with Gasteiger partial charge in [-0.1, -0.05) is 36.4 Å². The van der Waals surface area contributed by atoms with Crippen LogP contribution in [0.3, 0.4) is 0 Å². The number of nitrogens with one attached hydrogen (secondary N) is 1. The lowest BCUT2D eigenvalue weighted by Crippen LogP contribution is -2.14. The summed E-state index contributed by atoms with van der Waals surface area (Å²) in [5.74, 6) is 0.724. The van der Waals surface area contributed by atoms with Crippen molar-refractivity contribution in [1.82, 2.24) is 9.78 Å². The molecular formula is C17H17N3O3S. The Balaban J connectivity index is 1.79. The third-order valence-corrected chi connectivity index (χ3v) is 4.71. The number of hydrogen-bond donors (Lipinski definition) is 1. The second-order valence-electron chi connectivity index (χ2n) is 5.21. The molecule has 1 heterocycles. The van der Waals surface area contributed by atoms with Gasteiger partial charge in [0.25, 0.3) is 10.0 Å². The monoisotopic (exact) mass is 343 g/mol. The van der Waals surface area contributed by atoms with Crippen molar-refractivity contribution in [2.45, 2.75) is 11.5 Å². The van der Waals surface area contributed by atoms with Gasteiger partial charge in [-0.05, 0) is 18.2 Å². The zero-order valence-electron chi connectivity index (χ0n) is 13.1. The van der Waals surface area contributed by atoms with Crippen molar-refractivity contribution >= 4 is 15.7 Å². The molecule has 6 nitrogen and oxygen atoms in total. The van der Waals surface area contributed by atoms with Crippen LogP contribution in [0.2, 0.25) is 0 Å². The smallest absolute Gasteiger partial charge is 0.265 e. The molecule has 1 N–H and O–H groups in total. The number of sulfonamides is 1. The minimum atomic E-state index is -3.69. The fourth-order valence-corrected chi connectivity index (χ4v) is 3.25. The van der Waals surface area contributed by atoms with Crippen molar-refractivity contribution in [3.8, 4) is 5.75 Å². The highest BCUT2D eigenvalue weighted by atomic mass is 32.2. The van der Waals surface area contributed by atoms with Gasteiger partial charge < -0.3 is 4.74 Å². The Kier molecular flexibility index (Phi) is 4.52. The van der Waals surface area contributed by atoms with Gasteiger partial charge in [-0.25, -0.2) is 8.42 Å². The predicted molar refractivity (Wildman–Crippen MR) is 91.2 cm³/mol. The van der Waals surface area contributed by atoms with E-state index in [4.69, 9.17) is 4.74 Å². The number of anilines is 1. The summed E-state index contributed by atoms with van der Waals surface area (Å²) in [6, 6.07) is 16.5. The quantitative estimate of drug-likeness (QED) is 0.747. The molecule has 0 bridgehead atoms. The largest absolute Gasteiger partial charge is 0.489 e. The molecule has 2 aromatic carbocycles. The lowest BCUT2D eigenvalue weighted by Gasteiger charge is -2.12. The van der Waals surface area contributed by atoms with Crippen LogP contribution in [0.4, 0.5) is 5.69 Å². The Morgan fingerprint density at radius 2 is 1.79 bits per heavy atom. The molecule has 1 aromatic heterocycles. The SMILES string of the molecule is Cn1cc(S(=O)(=O)Nc2ccccc2COc2ccccc2)cn1. The predicted octanol–water partition coefficient (Wildman–Crippen LogP) is 2.80. The third kappa shape index (κ3) is 3.75. The van der Waals surface area contributed by atoms with E-state index >= 15 is 0 Å². The average molecular weight is 343 g/mol. The van der Waals surface area contributed by atoms with Gasteiger partial charge >= 0.3 is 0 Å². The molecule has 0 amide bonds. The van der Waals surface area contributed by atoms with E-state index < -0.39 is 10.0 Å². The van der Waals surface area contributed by atoms with Crippen molar-refractivity contribution < 1.29 is 13.2 Å². The molecule has 3 aromatic rings. The van der Waals surface area contributed by atoms with Crippen LogP contribution < -0.4 is 9.46 Å². The molecule has 0 atom stereocenters. The van der Waals surface area contributed by atoms with E-state index in [1.807, 2.05) is 42.5 Å². The lowest BCUT2D eigenvalue weighted by molar-refractivity contribution is 0.307. The first-order valence-corrected chi connectivity index (χ1v) is 8.80. The molecule has 0 saturated carbocycles. The fourth-order valence-electron chi connectivity index (χ4n) is 2.16. The van der Waals surface area contributed by atoms with Crippen LogP contribution in [0.25, 0.3) is 0 Å². The second kappa shape index (κ2) is 6.76. The first-order chi connectivity index (χ1) is 11.5. The maximum absolute atomic E-state index is 12.4. The molecular weight excluding hydrogens is 326 g/mol. The van der Waals surface area contributed by atoms with E-state index in [9.17, 15) is 8.42 Å². The van der Waals surface area contributed by atoms with Crippen LogP contribution in [0.5, 0.6) is 5.75 Å². The number of rotatable bonds is 6. The molecule has 3 rings (SSSR count). The first-order valence-electron chi connectivity index (χ1n) is 7.32. The zero-order valence-corrected chi connectivity index (χ0v) is 13.9.